The van der Waals surface area contributed by atoms with Crippen molar-refractivity contribution in [2.24, 2.45) is 23.7 Å². The molecule has 28 heavy (non-hydrogen) atoms. The van der Waals surface area contributed by atoms with Crippen LogP contribution < -0.4 is 9.64 Å². The van der Waals surface area contributed by atoms with Gasteiger partial charge < -0.3 is 4.74 Å². The van der Waals surface area contributed by atoms with Crippen molar-refractivity contribution in [1.29, 1.82) is 0 Å². The largest absolute Gasteiger partial charge is 0.457 e. The number of fused-ring (bicyclic) bond motifs is 5. The third-order valence-electron chi connectivity index (χ3n) is 6.34. The number of imide groups is 1. The molecule has 3 aliphatic rings. The molecule has 1 saturated heterocycles. The summed E-state index contributed by atoms with van der Waals surface area (Å²) in [5, 5.41) is 0. The number of carbonyl (C=O) groups is 2. The van der Waals surface area contributed by atoms with Gasteiger partial charge in [-0.3, -0.25) is 14.5 Å². The number of rotatable bonds is 3. The summed E-state index contributed by atoms with van der Waals surface area (Å²) >= 11 is 7.44. The van der Waals surface area contributed by atoms with E-state index in [2.05, 4.69) is 31.9 Å². The van der Waals surface area contributed by atoms with Crippen LogP contribution in [0.4, 0.5) is 5.69 Å². The van der Waals surface area contributed by atoms with Gasteiger partial charge >= 0.3 is 0 Å². The maximum absolute atomic E-state index is 13.1. The first-order valence-corrected chi connectivity index (χ1v) is 11.3. The topological polar surface area (TPSA) is 46.6 Å². The van der Waals surface area contributed by atoms with E-state index in [-0.39, 0.29) is 45.1 Å². The molecule has 2 bridgehead atoms. The number of benzene rings is 2. The molecule has 2 aromatic rings. The molecule has 2 amide bonds. The minimum atomic E-state index is -0.195. The maximum Gasteiger partial charge on any atom is 0.238 e. The Balaban J connectivity index is 1.37. The zero-order valence-electron chi connectivity index (χ0n) is 15.2. The third kappa shape index (κ3) is 2.68. The highest BCUT2D eigenvalue weighted by Crippen LogP contribution is 2.60. The lowest BCUT2D eigenvalue weighted by Gasteiger charge is -2.28. The van der Waals surface area contributed by atoms with Crippen molar-refractivity contribution in [2.75, 3.05) is 4.90 Å². The van der Waals surface area contributed by atoms with Crippen molar-refractivity contribution in [3.8, 4) is 11.5 Å². The molecule has 4 nitrogen and oxygen atoms in total. The predicted molar refractivity (Wildman–Crippen MR) is 114 cm³/mol. The van der Waals surface area contributed by atoms with Gasteiger partial charge in [-0.2, -0.15) is 0 Å². The van der Waals surface area contributed by atoms with Crippen LogP contribution in [-0.4, -0.2) is 21.5 Å². The number of carbonyl (C=O) groups excluding carboxylic acids is 2. The first-order valence-electron chi connectivity index (χ1n) is 9.46. The first-order chi connectivity index (χ1) is 13.5. The van der Waals surface area contributed by atoms with Gasteiger partial charge in [-0.1, -0.05) is 49.6 Å². The van der Waals surface area contributed by atoms with E-state index in [9.17, 15) is 9.59 Å². The van der Waals surface area contributed by atoms with Gasteiger partial charge in [0, 0.05) is 9.65 Å². The lowest BCUT2D eigenvalue weighted by atomic mass is 9.81. The Morgan fingerprint density at radius 3 is 1.79 bits per heavy atom. The van der Waals surface area contributed by atoms with Crippen molar-refractivity contribution in [3.05, 3.63) is 54.1 Å². The van der Waals surface area contributed by atoms with Crippen molar-refractivity contribution < 1.29 is 14.3 Å². The SMILES string of the molecule is Cc1ccc(Oc2ccc(N3C(=O)[C@H]4[C@@H]5C[C@@H]([C@@H](Br)[C@H]5Br)[C@@H]4C3=O)cc2)cc1. The lowest BCUT2D eigenvalue weighted by Crippen LogP contribution is -2.37. The van der Waals surface area contributed by atoms with Crippen LogP contribution in [0, 0.1) is 30.6 Å². The zero-order valence-corrected chi connectivity index (χ0v) is 18.4. The average Bonchev–Trinajstić information content (AvgIpc) is 3.29. The van der Waals surface area contributed by atoms with Gasteiger partial charge in [-0.05, 0) is 61.6 Å². The molecule has 2 aromatic carbocycles. The molecule has 6 atom stereocenters. The fourth-order valence-electron chi connectivity index (χ4n) is 5.01. The molecule has 1 aliphatic heterocycles. The van der Waals surface area contributed by atoms with E-state index in [1.807, 2.05) is 31.2 Å². The monoisotopic (exact) mass is 503 g/mol. The normalized spacial score (nSPS) is 33.5. The van der Waals surface area contributed by atoms with Gasteiger partial charge in [-0.15, -0.1) is 0 Å². The molecule has 6 heteroatoms. The molecule has 2 saturated carbocycles. The van der Waals surface area contributed by atoms with Crippen LogP contribution in [-0.2, 0) is 9.59 Å². The smallest absolute Gasteiger partial charge is 0.238 e. The van der Waals surface area contributed by atoms with E-state index in [0.29, 0.717) is 11.4 Å². The van der Waals surface area contributed by atoms with E-state index < -0.39 is 0 Å². The molecule has 0 aromatic heterocycles. The number of hydrogen-bond donors (Lipinski definition) is 0. The van der Waals surface area contributed by atoms with Gasteiger partial charge in [-0.25, -0.2) is 0 Å². The Hall–Kier alpha value is -1.66. The Bertz CT molecular complexity index is 911. The van der Waals surface area contributed by atoms with Crippen LogP contribution >= 0.6 is 31.9 Å². The number of anilines is 1. The molecular formula is C22H19Br2NO3. The number of aryl methyl sites for hydroxylation is 1. The number of nitrogens with zero attached hydrogens (tertiary/aromatic N) is 1. The second-order valence-electron chi connectivity index (χ2n) is 7.92. The summed E-state index contributed by atoms with van der Waals surface area (Å²) in [6.45, 7) is 2.03. The minimum Gasteiger partial charge on any atom is -0.457 e. The van der Waals surface area contributed by atoms with Crippen LogP contribution in [0.2, 0.25) is 0 Å². The third-order valence-corrected chi connectivity index (χ3v) is 9.55. The molecule has 2 aliphatic carbocycles. The van der Waals surface area contributed by atoms with Crippen LogP contribution in [0.5, 0.6) is 11.5 Å². The van der Waals surface area contributed by atoms with Gasteiger partial charge in [0.1, 0.15) is 11.5 Å². The Morgan fingerprint density at radius 2 is 1.29 bits per heavy atom. The van der Waals surface area contributed by atoms with E-state index in [0.717, 1.165) is 12.2 Å². The summed E-state index contributed by atoms with van der Waals surface area (Å²) in [7, 11) is 0. The fourth-order valence-corrected chi connectivity index (χ4v) is 6.88. The summed E-state index contributed by atoms with van der Waals surface area (Å²) in [6, 6.07) is 15.0. The quantitative estimate of drug-likeness (QED) is 0.433. The lowest BCUT2D eigenvalue weighted by molar-refractivity contribution is -0.123. The predicted octanol–water partition coefficient (Wildman–Crippen LogP) is 5.07. The first kappa shape index (κ1) is 18.4. The highest BCUT2D eigenvalue weighted by atomic mass is 79.9. The Kier molecular flexibility index (Phi) is 4.40. The second kappa shape index (κ2) is 6.70. The van der Waals surface area contributed by atoms with E-state index in [1.165, 1.54) is 10.5 Å². The Morgan fingerprint density at radius 1 is 0.821 bits per heavy atom. The molecular weight excluding hydrogens is 486 g/mol. The summed E-state index contributed by atoms with van der Waals surface area (Å²) in [4.78, 5) is 28.1. The molecule has 0 spiro atoms. The highest BCUT2D eigenvalue weighted by molar-refractivity contribution is 9.12. The summed E-state index contributed by atoms with van der Waals surface area (Å²) in [6.07, 6.45) is 0.940. The molecule has 5 rings (SSSR count). The number of halogens is 2. The van der Waals surface area contributed by atoms with Crippen LogP contribution in [0.25, 0.3) is 0 Å². The van der Waals surface area contributed by atoms with E-state index >= 15 is 0 Å². The van der Waals surface area contributed by atoms with Crippen LogP contribution in [0.1, 0.15) is 12.0 Å². The van der Waals surface area contributed by atoms with E-state index in [4.69, 9.17) is 4.74 Å². The van der Waals surface area contributed by atoms with Crippen molar-refractivity contribution in [2.45, 2.75) is 23.0 Å². The Labute approximate surface area is 180 Å². The van der Waals surface area contributed by atoms with Gasteiger partial charge in [0.15, 0.2) is 0 Å². The molecule has 0 N–H and O–H groups in total. The summed E-state index contributed by atoms with van der Waals surface area (Å²) < 4.78 is 5.85. The van der Waals surface area contributed by atoms with Gasteiger partial charge in [0.2, 0.25) is 11.8 Å². The molecule has 1 heterocycles. The summed E-state index contributed by atoms with van der Waals surface area (Å²) in [5.41, 5.74) is 1.79. The second-order valence-corrected chi connectivity index (χ2v) is 10.0. The molecule has 0 radical (unpaired) electrons. The van der Waals surface area contributed by atoms with E-state index in [1.54, 1.807) is 24.3 Å². The molecule has 0 unspecified atom stereocenters. The number of alkyl halides is 2. The van der Waals surface area contributed by atoms with Crippen molar-refractivity contribution >= 4 is 49.4 Å². The average molecular weight is 505 g/mol. The highest BCUT2D eigenvalue weighted by Gasteiger charge is 2.66. The standard InChI is InChI=1S/C22H19Br2NO3/c1-11-2-6-13(7-3-11)28-14-8-4-12(5-9-14)25-21(26)17-15-10-16(18(17)22(25)27)20(24)19(15)23/h2-9,15-20H,10H2,1H3/t15-,16+,17-,18-,19-,20+/m0/s1. The minimum absolute atomic E-state index is 0.0569. The zero-order chi connectivity index (χ0) is 19.6. The fraction of sp³-hybridized carbons (Fsp3) is 0.364. The van der Waals surface area contributed by atoms with Gasteiger partial charge in [0.05, 0.1) is 17.5 Å². The maximum atomic E-state index is 13.1. The molecule has 144 valence electrons. The van der Waals surface area contributed by atoms with Crippen molar-refractivity contribution in [3.63, 3.8) is 0 Å². The van der Waals surface area contributed by atoms with Crippen LogP contribution in [0.15, 0.2) is 48.5 Å². The number of hydrogen-bond acceptors (Lipinski definition) is 3. The van der Waals surface area contributed by atoms with Gasteiger partial charge in [0.25, 0.3) is 0 Å². The molecule has 3 fully saturated rings. The number of amides is 2. The van der Waals surface area contributed by atoms with Crippen molar-refractivity contribution in [1.82, 2.24) is 0 Å². The van der Waals surface area contributed by atoms with Crippen LogP contribution in [0.3, 0.4) is 0 Å². The number of ether oxygens (including phenoxy) is 1. The summed E-state index contributed by atoms with van der Waals surface area (Å²) in [5.74, 6) is 1.38.